The summed E-state index contributed by atoms with van der Waals surface area (Å²) in [4.78, 5) is 0. The maximum atomic E-state index is 15.2. The Hall–Kier alpha value is -0.140. The molecule has 4 fully saturated rings. The van der Waals surface area contributed by atoms with Crippen LogP contribution < -0.4 is 0 Å². The molecule has 0 aromatic rings. The highest BCUT2D eigenvalue weighted by Gasteiger charge is 2.42. The van der Waals surface area contributed by atoms with Crippen molar-refractivity contribution in [3.8, 4) is 0 Å². The second-order valence-electron chi connectivity index (χ2n) is 11.5. The molecule has 28 heavy (non-hydrogen) atoms. The molecule has 0 nitrogen and oxygen atoms in total. The van der Waals surface area contributed by atoms with Crippen molar-refractivity contribution >= 4 is 0 Å². The molecular formula is C26H44F2. The lowest BCUT2D eigenvalue weighted by Crippen LogP contribution is -2.38. The van der Waals surface area contributed by atoms with Crippen LogP contribution in [0.3, 0.4) is 0 Å². The van der Waals surface area contributed by atoms with Crippen molar-refractivity contribution in [3.63, 3.8) is 0 Å². The van der Waals surface area contributed by atoms with E-state index < -0.39 is 12.3 Å². The van der Waals surface area contributed by atoms with E-state index in [9.17, 15) is 4.39 Å². The molecule has 0 heterocycles. The van der Waals surface area contributed by atoms with Gasteiger partial charge in [-0.05, 0) is 118 Å². The van der Waals surface area contributed by atoms with Crippen LogP contribution in [-0.2, 0) is 0 Å². The molecule has 0 amide bonds. The number of rotatable bonds is 3. The Balaban J connectivity index is 1.24. The van der Waals surface area contributed by atoms with Crippen LogP contribution in [0.1, 0.15) is 104 Å². The molecule has 162 valence electrons. The molecule has 4 saturated carbocycles. The summed E-state index contributed by atoms with van der Waals surface area (Å²) in [5.74, 6) is 4.71. The monoisotopic (exact) mass is 394 g/mol. The summed E-state index contributed by atoms with van der Waals surface area (Å²) < 4.78 is 29.8. The van der Waals surface area contributed by atoms with E-state index in [1.54, 1.807) is 0 Å². The van der Waals surface area contributed by atoms with Crippen LogP contribution in [0.2, 0.25) is 0 Å². The summed E-state index contributed by atoms with van der Waals surface area (Å²) in [6.07, 6.45) is 15.3. The first-order valence-corrected chi connectivity index (χ1v) is 12.8. The van der Waals surface area contributed by atoms with Gasteiger partial charge in [0.2, 0.25) is 0 Å². The van der Waals surface area contributed by atoms with E-state index >= 15 is 4.39 Å². The van der Waals surface area contributed by atoms with Gasteiger partial charge in [0.25, 0.3) is 0 Å². The highest BCUT2D eigenvalue weighted by molar-refractivity contribution is 4.92. The van der Waals surface area contributed by atoms with Gasteiger partial charge in [-0.25, -0.2) is 8.78 Å². The summed E-state index contributed by atoms with van der Waals surface area (Å²) in [6.45, 7) is 4.58. The Morgan fingerprint density at radius 2 is 0.857 bits per heavy atom. The minimum absolute atomic E-state index is 0.308. The third kappa shape index (κ3) is 4.77. The molecule has 0 bridgehead atoms. The smallest absolute Gasteiger partial charge is 0.103 e. The van der Waals surface area contributed by atoms with Crippen molar-refractivity contribution in [2.45, 2.75) is 116 Å². The van der Waals surface area contributed by atoms with Crippen LogP contribution in [0.4, 0.5) is 8.78 Å². The zero-order valence-electron chi connectivity index (χ0n) is 18.4. The first-order valence-electron chi connectivity index (χ1n) is 12.8. The molecule has 2 heteroatoms. The van der Waals surface area contributed by atoms with Gasteiger partial charge < -0.3 is 0 Å². The van der Waals surface area contributed by atoms with Gasteiger partial charge in [0.05, 0.1) is 0 Å². The van der Waals surface area contributed by atoms with Crippen molar-refractivity contribution < 1.29 is 8.78 Å². The molecule has 6 atom stereocenters. The summed E-state index contributed by atoms with van der Waals surface area (Å²) in [5.41, 5.74) is 0. The topological polar surface area (TPSA) is 0 Å². The standard InChI is InChI=1S/C26H44F2/c1-17-3-6-19(7-4-17)22-12-14-24(26(28)16-22)21-10-8-20(9-11-21)23-13-5-18(2)15-25(23)27/h17-26H,3-16H2,1-2H3. The van der Waals surface area contributed by atoms with E-state index in [4.69, 9.17) is 0 Å². The van der Waals surface area contributed by atoms with Crippen molar-refractivity contribution in [1.82, 2.24) is 0 Å². The Kier molecular flexibility index (Phi) is 7.04. The van der Waals surface area contributed by atoms with E-state index in [2.05, 4.69) is 13.8 Å². The summed E-state index contributed by atoms with van der Waals surface area (Å²) in [6, 6.07) is 0. The minimum Gasteiger partial charge on any atom is -0.247 e. The second-order valence-corrected chi connectivity index (χ2v) is 11.5. The van der Waals surface area contributed by atoms with Crippen LogP contribution in [0, 0.1) is 47.3 Å². The Labute approximate surface area is 172 Å². The maximum absolute atomic E-state index is 15.2. The lowest BCUT2D eigenvalue weighted by molar-refractivity contribution is 0.0158. The molecule has 4 aliphatic carbocycles. The Bertz CT molecular complexity index is 475. The lowest BCUT2D eigenvalue weighted by atomic mass is 9.62. The predicted octanol–water partition coefficient (Wildman–Crippen LogP) is 8.15. The highest BCUT2D eigenvalue weighted by atomic mass is 19.1. The highest BCUT2D eigenvalue weighted by Crippen LogP contribution is 2.49. The molecule has 0 aromatic heterocycles. The number of hydrogen-bond donors (Lipinski definition) is 0. The largest absolute Gasteiger partial charge is 0.247 e. The zero-order chi connectivity index (χ0) is 19.7. The normalized spacial score (nSPS) is 51.0. The van der Waals surface area contributed by atoms with Gasteiger partial charge in [-0.3, -0.25) is 0 Å². The average Bonchev–Trinajstić information content (AvgIpc) is 2.69. The Morgan fingerprint density at radius 1 is 0.429 bits per heavy atom. The first-order chi connectivity index (χ1) is 13.5. The van der Waals surface area contributed by atoms with Crippen LogP contribution in [0.5, 0.6) is 0 Å². The summed E-state index contributed by atoms with van der Waals surface area (Å²) >= 11 is 0. The van der Waals surface area contributed by atoms with E-state index in [1.807, 2.05) is 0 Å². The molecule has 0 spiro atoms. The third-order valence-electron chi connectivity index (χ3n) is 9.70. The summed E-state index contributed by atoms with van der Waals surface area (Å²) in [7, 11) is 0. The van der Waals surface area contributed by atoms with Crippen LogP contribution >= 0.6 is 0 Å². The fourth-order valence-corrected chi connectivity index (χ4v) is 7.75. The third-order valence-corrected chi connectivity index (χ3v) is 9.70. The lowest BCUT2D eigenvalue weighted by Gasteiger charge is -2.44. The van der Waals surface area contributed by atoms with Crippen molar-refractivity contribution in [3.05, 3.63) is 0 Å². The van der Waals surface area contributed by atoms with E-state index in [0.717, 1.165) is 50.4 Å². The molecule has 4 rings (SSSR count). The zero-order valence-corrected chi connectivity index (χ0v) is 18.4. The molecule has 0 aliphatic heterocycles. The van der Waals surface area contributed by atoms with Gasteiger partial charge in [0.1, 0.15) is 12.3 Å². The molecular weight excluding hydrogens is 350 g/mol. The number of hydrogen-bond acceptors (Lipinski definition) is 0. The van der Waals surface area contributed by atoms with Gasteiger partial charge in [0, 0.05) is 0 Å². The molecule has 0 radical (unpaired) electrons. The quantitative estimate of drug-likeness (QED) is 0.453. The average molecular weight is 395 g/mol. The fourth-order valence-electron chi connectivity index (χ4n) is 7.75. The van der Waals surface area contributed by atoms with E-state index in [0.29, 0.717) is 35.5 Å². The predicted molar refractivity (Wildman–Crippen MR) is 114 cm³/mol. The SMILES string of the molecule is CC1CCC(C2CCC(C3CCC(C4CCC(C)CC4F)CC3)C(F)C2)CC1. The summed E-state index contributed by atoms with van der Waals surface area (Å²) in [5, 5.41) is 0. The Morgan fingerprint density at radius 3 is 1.39 bits per heavy atom. The first kappa shape index (κ1) is 21.1. The molecule has 4 aliphatic rings. The van der Waals surface area contributed by atoms with Crippen LogP contribution in [0.25, 0.3) is 0 Å². The number of halogens is 2. The van der Waals surface area contributed by atoms with Crippen LogP contribution in [-0.4, -0.2) is 12.3 Å². The fraction of sp³-hybridized carbons (Fsp3) is 1.00. The van der Waals surface area contributed by atoms with Gasteiger partial charge in [0.15, 0.2) is 0 Å². The van der Waals surface area contributed by atoms with Crippen molar-refractivity contribution in [1.29, 1.82) is 0 Å². The van der Waals surface area contributed by atoms with Crippen molar-refractivity contribution in [2.75, 3.05) is 0 Å². The minimum atomic E-state index is -0.576. The van der Waals surface area contributed by atoms with Gasteiger partial charge >= 0.3 is 0 Å². The van der Waals surface area contributed by atoms with Gasteiger partial charge in [-0.15, -0.1) is 0 Å². The second kappa shape index (κ2) is 9.34. The van der Waals surface area contributed by atoms with Crippen LogP contribution in [0.15, 0.2) is 0 Å². The van der Waals surface area contributed by atoms with E-state index in [-0.39, 0.29) is 0 Å². The maximum Gasteiger partial charge on any atom is 0.103 e. The van der Waals surface area contributed by atoms with Crippen molar-refractivity contribution in [2.24, 2.45) is 47.3 Å². The number of alkyl halides is 2. The van der Waals surface area contributed by atoms with Gasteiger partial charge in [-0.2, -0.15) is 0 Å². The molecule has 0 saturated heterocycles. The van der Waals surface area contributed by atoms with E-state index in [1.165, 1.54) is 51.4 Å². The molecule has 0 N–H and O–H groups in total. The van der Waals surface area contributed by atoms with Gasteiger partial charge in [-0.1, -0.05) is 33.1 Å². The molecule has 0 aromatic carbocycles. The molecule has 6 unspecified atom stereocenters.